The number of hydrogen-bond donors (Lipinski definition) is 2. The molecule has 1 amide bonds. The Morgan fingerprint density at radius 3 is 2.18 bits per heavy atom. The number of sulfone groups is 1. The fourth-order valence-electron chi connectivity index (χ4n) is 5.86. The molecule has 2 aliphatic rings. The highest BCUT2D eigenvalue weighted by molar-refractivity contribution is 7.90. The third-order valence-corrected chi connectivity index (χ3v) is 9.58. The summed E-state index contributed by atoms with van der Waals surface area (Å²) >= 11 is 12.4. The lowest BCUT2D eigenvalue weighted by molar-refractivity contribution is -0.0230. The highest BCUT2D eigenvalue weighted by Gasteiger charge is 2.71. The molecule has 1 saturated carbocycles. The van der Waals surface area contributed by atoms with Crippen molar-refractivity contribution in [3.63, 3.8) is 0 Å². The number of carbonyl (C=O) groups is 1. The number of carbonyl (C=O) groups excluding carboxylic acids is 1. The van der Waals surface area contributed by atoms with E-state index in [-0.39, 0.29) is 28.3 Å². The molecule has 3 atom stereocenters. The molecule has 1 aliphatic heterocycles. The van der Waals surface area contributed by atoms with Gasteiger partial charge in [-0.1, -0.05) is 60.5 Å². The summed E-state index contributed by atoms with van der Waals surface area (Å²) in [6.07, 6.45) is 1.53. The first-order chi connectivity index (χ1) is 17.6. The lowest BCUT2D eigenvalue weighted by Gasteiger charge is -2.45. The van der Waals surface area contributed by atoms with E-state index in [9.17, 15) is 23.4 Å². The lowest BCUT2D eigenvalue weighted by atomic mass is 9.74. The van der Waals surface area contributed by atoms with Crippen LogP contribution in [-0.2, 0) is 27.5 Å². The Morgan fingerprint density at radius 1 is 1.03 bits per heavy atom. The maximum Gasteiger partial charge on any atom is 0.255 e. The number of halogens is 2. The van der Waals surface area contributed by atoms with Crippen LogP contribution >= 0.6 is 23.2 Å². The van der Waals surface area contributed by atoms with Gasteiger partial charge in [-0.3, -0.25) is 4.79 Å². The van der Waals surface area contributed by atoms with E-state index >= 15 is 0 Å². The van der Waals surface area contributed by atoms with Gasteiger partial charge in [0.1, 0.15) is 5.54 Å². The summed E-state index contributed by atoms with van der Waals surface area (Å²) in [7, 11) is -3.68. The average Bonchev–Trinajstić information content (AvgIpc) is 3.37. The van der Waals surface area contributed by atoms with Crippen LogP contribution in [0.2, 0.25) is 10.0 Å². The van der Waals surface area contributed by atoms with Gasteiger partial charge < -0.3 is 15.1 Å². The van der Waals surface area contributed by atoms with Crippen molar-refractivity contribution < 1.29 is 23.4 Å². The number of aliphatic hydroxyl groups is 2. The second-order valence-electron chi connectivity index (χ2n) is 11.0. The molecule has 6 nitrogen and oxygen atoms in total. The van der Waals surface area contributed by atoms with Gasteiger partial charge in [-0.25, -0.2) is 8.42 Å². The van der Waals surface area contributed by atoms with Crippen molar-refractivity contribution in [3.05, 3.63) is 98.5 Å². The summed E-state index contributed by atoms with van der Waals surface area (Å²) in [6.45, 7) is 5.11. The minimum atomic E-state index is -3.68. The number of amides is 1. The first-order valence-electron chi connectivity index (χ1n) is 12.3. The van der Waals surface area contributed by atoms with Gasteiger partial charge >= 0.3 is 0 Å². The summed E-state index contributed by atoms with van der Waals surface area (Å²) in [4.78, 5) is 15.9. The summed E-state index contributed by atoms with van der Waals surface area (Å²) in [5.74, 6) is -0.518. The fourth-order valence-corrected chi connectivity index (χ4v) is 7.17. The third-order valence-electron chi connectivity index (χ3n) is 7.91. The predicted molar refractivity (Wildman–Crippen MR) is 147 cm³/mol. The minimum absolute atomic E-state index is 0.0202. The van der Waals surface area contributed by atoms with E-state index in [0.29, 0.717) is 39.3 Å². The molecular weight excluding hydrogens is 545 g/mol. The van der Waals surface area contributed by atoms with Crippen LogP contribution in [-0.4, -0.2) is 41.3 Å². The molecule has 5 rings (SSSR count). The molecule has 0 bridgehead atoms. The van der Waals surface area contributed by atoms with Crippen molar-refractivity contribution in [1.82, 2.24) is 4.90 Å². The topological polar surface area (TPSA) is 94.9 Å². The van der Waals surface area contributed by atoms with Crippen LogP contribution in [0.5, 0.6) is 0 Å². The number of benzene rings is 3. The number of fused-ring (bicyclic) bond motifs is 1. The minimum Gasteiger partial charge on any atom is -0.386 e. The quantitative estimate of drug-likeness (QED) is 0.417. The molecule has 200 valence electrons. The molecule has 0 saturated heterocycles. The standard InChI is InChI=1S/C29H29Cl2NO5S/c1-17-15-28(17,35)29(19-6-10-21(30)11-7-19)24-12-8-20(27(2,3)34)13-23(24)26(33)32(29)16-18-5-9-22(31)14-25(18)38(4,36)37/h5-14,17,34-35H,15-16H2,1-4H3/t17?,28?,29-/m1/s1. The summed E-state index contributed by atoms with van der Waals surface area (Å²) < 4.78 is 25.4. The van der Waals surface area contributed by atoms with Gasteiger partial charge in [-0.2, -0.15) is 0 Å². The highest BCUT2D eigenvalue weighted by Crippen LogP contribution is 2.63. The van der Waals surface area contributed by atoms with E-state index in [1.165, 1.54) is 6.07 Å². The van der Waals surface area contributed by atoms with Crippen molar-refractivity contribution in [3.8, 4) is 0 Å². The van der Waals surface area contributed by atoms with Crippen molar-refractivity contribution in [2.75, 3.05) is 6.26 Å². The van der Waals surface area contributed by atoms with Gasteiger partial charge in [-0.05, 0) is 78.8 Å². The van der Waals surface area contributed by atoms with Crippen molar-refractivity contribution in [2.24, 2.45) is 5.92 Å². The summed E-state index contributed by atoms with van der Waals surface area (Å²) in [5.41, 5.74) is -1.30. The van der Waals surface area contributed by atoms with Gasteiger partial charge in [0.25, 0.3) is 5.91 Å². The predicted octanol–water partition coefficient (Wildman–Crippen LogP) is 5.29. The van der Waals surface area contributed by atoms with Crippen LogP contribution in [0.15, 0.2) is 65.6 Å². The molecule has 1 aliphatic carbocycles. The zero-order chi connectivity index (χ0) is 27.8. The molecule has 1 fully saturated rings. The second-order valence-corrected chi connectivity index (χ2v) is 13.8. The van der Waals surface area contributed by atoms with Crippen molar-refractivity contribution in [2.45, 2.75) is 55.4 Å². The molecular formula is C29H29Cl2NO5S. The highest BCUT2D eigenvalue weighted by atomic mass is 35.5. The van der Waals surface area contributed by atoms with E-state index in [1.807, 2.05) is 6.92 Å². The zero-order valence-corrected chi connectivity index (χ0v) is 23.8. The Balaban J connectivity index is 1.82. The van der Waals surface area contributed by atoms with E-state index < -0.39 is 26.6 Å². The largest absolute Gasteiger partial charge is 0.386 e. The van der Waals surface area contributed by atoms with Gasteiger partial charge in [-0.15, -0.1) is 0 Å². The molecule has 3 aromatic carbocycles. The van der Waals surface area contributed by atoms with Crippen LogP contribution in [0, 0.1) is 5.92 Å². The normalized spacial score (nSPS) is 25.0. The maximum absolute atomic E-state index is 14.3. The van der Waals surface area contributed by atoms with E-state index in [4.69, 9.17) is 23.2 Å². The van der Waals surface area contributed by atoms with Crippen LogP contribution in [0.25, 0.3) is 0 Å². The molecule has 3 aromatic rings. The van der Waals surface area contributed by atoms with E-state index in [0.717, 1.165) is 6.26 Å². The fraction of sp³-hybridized carbons (Fsp3) is 0.345. The first-order valence-corrected chi connectivity index (χ1v) is 14.9. The zero-order valence-electron chi connectivity index (χ0n) is 21.5. The Bertz CT molecular complexity index is 1560. The third kappa shape index (κ3) is 4.07. The summed E-state index contributed by atoms with van der Waals surface area (Å²) in [5, 5.41) is 23.6. The van der Waals surface area contributed by atoms with Gasteiger partial charge in [0.15, 0.2) is 9.84 Å². The Morgan fingerprint density at radius 2 is 1.63 bits per heavy atom. The van der Waals surface area contributed by atoms with Gasteiger partial charge in [0.2, 0.25) is 0 Å². The van der Waals surface area contributed by atoms with Crippen LogP contribution in [0.4, 0.5) is 0 Å². The SMILES string of the molecule is CC1CC1(O)[C@@]1(c2ccc(Cl)cc2)c2ccc(C(C)(C)O)cc2C(=O)N1Cc1ccc(Cl)cc1S(C)(=O)=O. The molecule has 38 heavy (non-hydrogen) atoms. The molecule has 2 N–H and O–H groups in total. The molecule has 1 heterocycles. The number of rotatable bonds is 6. The number of hydrogen-bond acceptors (Lipinski definition) is 5. The Kier molecular flexibility index (Phi) is 6.29. The van der Waals surface area contributed by atoms with Crippen LogP contribution < -0.4 is 0 Å². The molecule has 9 heteroatoms. The lowest BCUT2D eigenvalue weighted by Crippen LogP contribution is -2.55. The number of nitrogens with zero attached hydrogens (tertiary/aromatic N) is 1. The smallest absolute Gasteiger partial charge is 0.255 e. The monoisotopic (exact) mass is 573 g/mol. The van der Waals surface area contributed by atoms with Crippen molar-refractivity contribution >= 4 is 38.9 Å². The van der Waals surface area contributed by atoms with Crippen LogP contribution in [0.3, 0.4) is 0 Å². The van der Waals surface area contributed by atoms with E-state index in [2.05, 4.69) is 0 Å². The van der Waals surface area contributed by atoms with E-state index in [1.54, 1.807) is 73.3 Å². The summed E-state index contributed by atoms with van der Waals surface area (Å²) in [6, 6.07) is 16.8. The second kappa shape index (κ2) is 8.80. The molecule has 0 spiro atoms. The molecule has 0 radical (unpaired) electrons. The van der Waals surface area contributed by atoms with Crippen molar-refractivity contribution in [1.29, 1.82) is 0 Å². The van der Waals surface area contributed by atoms with Gasteiger partial charge in [0, 0.05) is 28.4 Å². The van der Waals surface area contributed by atoms with Crippen LogP contribution in [0.1, 0.15) is 59.8 Å². The Hall–Kier alpha value is -2.42. The first kappa shape index (κ1) is 27.2. The van der Waals surface area contributed by atoms with Gasteiger partial charge in [0.05, 0.1) is 16.1 Å². The maximum atomic E-state index is 14.3. The Labute approximate surface area is 232 Å². The molecule has 2 unspecified atom stereocenters. The average molecular weight is 575 g/mol. The molecule has 0 aromatic heterocycles.